The Morgan fingerprint density at radius 1 is 1.00 bits per heavy atom. The third-order valence-corrected chi connectivity index (χ3v) is 4.13. The molecule has 124 valence electrons. The van der Waals surface area contributed by atoms with E-state index in [0.717, 1.165) is 25.9 Å². The Hall–Kier alpha value is -2.69. The van der Waals surface area contributed by atoms with Crippen LogP contribution in [-0.2, 0) is 11.2 Å². The van der Waals surface area contributed by atoms with Crippen molar-refractivity contribution in [3.05, 3.63) is 65.5 Å². The van der Waals surface area contributed by atoms with Crippen molar-refractivity contribution in [1.82, 2.24) is 4.90 Å². The van der Waals surface area contributed by atoms with Crippen LogP contribution in [0.4, 0.5) is 10.1 Å². The molecule has 0 radical (unpaired) electrons. The molecule has 1 fully saturated rings. The number of hydrogen-bond acceptors (Lipinski definition) is 2. The Bertz CT molecular complexity index is 755. The number of anilines is 1. The van der Waals surface area contributed by atoms with E-state index in [2.05, 4.69) is 5.32 Å². The minimum atomic E-state index is -0.408. The average molecular weight is 326 g/mol. The predicted molar refractivity (Wildman–Crippen MR) is 90.3 cm³/mol. The summed E-state index contributed by atoms with van der Waals surface area (Å²) < 4.78 is 13.7. The average Bonchev–Trinajstić information content (AvgIpc) is 3.11. The van der Waals surface area contributed by atoms with Crippen molar-refractivity contribution in [2.75, 3.05) is 18.4 Å². The zero-order chi connectivity index (χ0) is 16.9. The highest BCUT2D eigenvalue weighted by Gasteiger charge is 2.22. The summed E-state index contributed by atoms with van der Waals surface area (Å²) in [6.45, 7) is 1.49. The SMILES string of the molecule is O=C(Cc1ccccc1F)Nc1ccccc1C(=O)N1CCCC1. The van der Waals surface area contributed by atoms with Crippen LogP contribution in [0.3, 0.4) is 0 Å². The van der Waals surface area contributed by atoms with Gasteiger partial charge in [-0.15, -0.1) is 0 Å². The second-order valence-corrected chi connectivity index (χ2v) is 5.86. The van der Waals surface area contributed by atoms with E-state index in [1.807, 2.05) is 0 Å². The Kier molecular flexibility index (Phi) is 4.89. The summed E-state index contributed by atoms with van der Waals surface area (Å²) >= 11 is 0. The second kappa shape index (κ2) is 7.25. The standard InChI is InChI=1S/C19H19FN2O2/c20-16-9-3-1-7-14(16)13-18(23)21-17-10-4-2-8-15(17)19(24)22-11-5-6-12-22/h1-4,7-10H,5-6,11-13H2,(H,21,23). The Labute approximate surface area is 140 Å². The van der Waals surface area contributed by atoms with Gasteiger partial charge in [0, 0.05) is 13.1 Å². The lowest BCUT2D eigenvalue weighted by Gasteiger charge is -2.18. The van der Waals surface area contributed by atoms with Crippen LogP contribution < -0.4 is 5.32 Å². The van der Waals surface area contributed by atoms with E-state index in [1.54, 1.807) is 47.4 Å². The normalized spacial score (nSPS) is 13.8. The smallest absolute Gasteiger partial charge is 0.255 e. The van der Waals surface area contributed by atoms with E-state index >= 15 is 0 Å². The van der Waals surface area contributed by atoms with Crippen molar-refractivity contribution in [3.63, 3.8) is 0 Å². The van der Waals surface area contributed by atoms with Gasteiger partial charge in [-0.25, -0.2) is 4.39 Å². The van der Waals surface area contributed by atoms with Crippen LogP contribution in [0.1, 0.15) is 28.8 Å². The largest absolute Gasteiger partial charge is 0.339 e. The maximum Gasteiger partial charge on any atom is 0.255 e. The first-order valence-electron chi connectivity index (χ1n) is 8.07. The van der Waals surface area contributed by atoms with Gasteiger partial charge in [-0.3, -0.25) is 9.59 Å². The monoisotopic (exact) mass is 326 g/mol. The number of likely N-dealkylation sites (tertiary alicyclic amines) is 1. The summed E-state index contributed by atoms with van der Waals surface area (Å²) in [5.41, 5.74) is 1.27. The first-order chi connectivity index (χ1) is 11.6. The number of hydrogen-bond donors (Lipinski definition) is 1. The fourth-order valence-electron chi connectivity index (χ4n) is 2.88. The van der Waals surface area contributed by atoms with E-state index in [-0.39, 0.29) is 18.2 Å². The molecule has 3 rings (SSSR count). The fourth-order valence-corrected chi connectivity index (χ4v) is 2.88. The highest BCUT2D eigenvalue weighted by molar-refractivity contribution is 6.04. The van der Waals surface area contributed by atoms with E-state index in [4.69, 9.17) is 0 Å². The molecular formula is C19H19FN2O2. The van der Waals surface area contributed by atoms with Gasteiger partial charge in [-0.1, -0.05) is 30.3 Å². The molecule has 1 heterocycles. The molecule has 0 saturated carbocycles. The number of rotatable bonds is 4. The minimum absolute atomic E-state index is 0.0705. The first-order valence-corrected chi connectivity index (χ1v) is 8.07. The molecule has 2 aromatic rings. The Morgan fingerprint density at radius 3 is 2.42 bits per heavy atom. The number of benzene rings is 2. The number of carbonyl (C=O) groups is 2. The van der Waals surface area contributed by atoms with E-state index in [0.29, 0.717) is 16.8 Å². The van der Waals surface area contributed by atoms with Crippen molar-refractivity contribution in [2.24, 2.45) is 0 Å². The molecule has 1 aliphatic heterocycles. The summed E-state index contributed by atoms with van der Waals surface area (Å²) in [6, 6.07) is 13.1. The number of amides is 2. The van der Waals surface area contributed by atoms with Gasteiger partial charge in [0.1, 0.15) is 5.82 Å². The van der Waals surface area contributed by atoms with Crippen LogP contribution in [0, 0.1) is 5.82 Å². The van der Waals surface area contributed by atoms with Gasteiger partial charge >= 0.3 is 0 Å². The lowest BCUT2D eigenvalue weighted by Crippen LogP contribution is -2.29. The molecule has 2 aromatic carbocycles. The number of halogens is 1. The van der Waals surface area contributed by atoms with Crippen molar-refractivity contribution in [2.45, 2.75) is 19.3 Å². The molecule has 24 heavy (non-hydrogen) atoms. The molecule has 0 bridgehead atoms. The van der Waals surface area contributed by atoms with Gasteiger partial charge < -0.3 is 10.2 Å². The van der Waals surface area contributed by atoms with Gasteiger partial charge in [0.2, 0.25) is 5.91 Å². The zero-order valence-electron chi connectivity index (χ0n) is 13.3. The lowest BCUT2D eigenvalue weighted by molar-refractivity contribution is -0.115. The number of nitrogens with one attached hydrogen (secondary N) is 1. The number of carbonyl (C=O) groups excluding carboxylic acids is 2. The summed E-state index contributed by atoms with van der Waals surface area (Å²) in [4.78, 5) is 26.6. The van der Waals surface area contributed by atoms with Crippen LogP contribution in [-0.4, -0.2) is 29.8 Å². The summed E-state index contributed by atoms with van der Waals surface area (Å²) in [5.74, 6) is -0.829. The van der Waals surface area contributed by atoms with Crippen molar-refractivity contribution >= 4 is 17.5 Å². The van der Waals surface area contributed by atoms with Crippen LogP contribution >= 0.6 is 0 Å². The van der Waals surface area contributed by atoms with Crippen molar-refractivity contribution < 1.29 is 14.0 Å². The summed E-state index contributed by atoms with van der Waals surface area (Å²) in [6.07, 6.45) is 1.94. The third kappa shape index (κ3) is 3.62. The Balaban J connectivity index is 1.74. The molecule has 5 heteroatoms. The molecular weight excluding hydrogens is 307 g/mol. The third-order valence-electron chi connectivity index (χ3n) is 4.13. The first kappa shape index (κ1) is 16.2. The van der Waals surface area contributed by atoms with Gasteiger partial charge in [0.25, 0.3) is 5.91 Å². The topological polar surface area (TPSA) is 49.4 Å². The quantitative estimate of drug-likeness (QED) is 0.938. The predicted octanol–water partition coefficient (Wildman–Crippen LogP) is 3.24. The van der Waals surface area contributed by atoms with Crippen molar-refractivity contribution in [1.29, 1.82) is 0 Å². The molecule has 0 atom stereocenters. The fraction of sp³-hybridized carbons (Fsp3) is 0.263. The van der Waals surface area contributed by atoms with Crippen LogP contribution in [0.25, 0.3) is 0 Å². The Morgan fingerprint density at radius 2 is 1.67 bits per heavy atom. The van der Waals surface area contributed by atoms with Crippen molar-refractivity contribution in [3.8, 4) is 0 Å². The molecule has 2 amide bonds. The second-order valence-electron chi connectivity index (χ2n) is 5.86. The lowest BCUT2D eigenvalue weighted by atomic mass is 10.1. The zero-order valence-corrected chi connectivity index (χ0v) is 13.3. The van der Waals surface area contributed by atoms with E-state index in [1.165, 1.54) is 6.07 Å². The maximum absolute atomic E-state index is 13.7. The maximum atomic E-state index is 13.7. The van der Waals surface area contributed by atoms with Gasteiger partial charge in [0.15, 0.2) is 0 Å². The summed E-state index contributed by atoms with van der Waals surface area (Å²) in [5, 5.41) is 2.74. The molecule has 0 unspecified atom stereocenters. The number of para-hydroxylation sites is 1. The van der Waals surface area contributed by atoms with E-state index in [9.17, 15) is 14.0 Å². The molecule has 1 N–H and O–H groups in total. The van der Waals surface area contributed by atoms with Gasteiger partial charge in [-0.2, -0.15) is 0 Å². The minimum Gasteiger partial charge on any atom is -0.339 e. The molecule has 0 aliphatic carbocycles. The molecule has 0 spiro atoms. The highest BCUT2D eigenvalue weighted by atomic mass is 19.1. The molecule has 4 nitrogen and oxygen atoms in total. The van der Waals surface area contributed by atoms with E-state index < -0.39 is 5.82 Å². The number of nitrogens with zero attached hydrogens (tertiary/aromatic N) is 1. The highest BCUT2D eigenvalue weighted by Crippen LogP contribution is 2.20. The van der Waals surface area contributed by atoms with Crippen LogP contribution in [0.15, 0.2) is 48.5 Å². The van der Waals surface area contributed by atoms with Gasteiger partial charge in [0.05, 0.1) is 17.7 Å². The summed E-state index contributed by atoms with van der Waals surface area (Å²) in [7, 11) is 0. The van der Waals surface area contributed by atoms with Gasteiger partial charge in [-0.05, 0) is 36.6 Å². The molecule has 0 aromatic heterocycles. The van der Waals surface area contributed by atoms with Crippen LogP contribution in [0.2, 0.25) is 0 Å². The molecule has 1 saturated heterocycles. The van der Waals surface area contributed by atoms with Crippen LogP contribution in [0.5, 0.6) is 0 Å². The molecule has 1 aliphatic rings.